The van der Waals surface area contributed by atoms with Crippen LogP contribution in [0.4, 0.5) is 5.82 Å². The average molecular weight is 239 g/mol. The molecule has 0 atom stereocenters. The molecule has 0 radical (unpaired) electrons. The van der Waals surface area contributed by atoms with Crippen molar-refractivity contribution in [2.24, 2.45) is 0 Å². The minimum Gasteiger partial charge on any atom is -0.478 e. The van der Waals surface area contributed by atoms with Crippen LogP contribution in [-0.2, 0) is 0 Å². The number of aromatic carboxylic acids is 1. The van der Waals surface area contributed by atoms with Crippen molar-refractivity contribution in [3.63, 3.8) is 0 Å². The predicted molar refractivity (Wildman–Crippen MR) is 62.2 cm³/mol. The predicted octanol–water partition coefficient (Wildman–Crippen LogP) is 1.50. The van der Waals surface area contributed by atoms with Crippen molar-refractivity contribution in [2.75, 3.05) is 24.2 Å². The maximum absolute atomic E-state index is 11.1. The average Bonchev–Trinajstić information content (AvgIpc) is 2.81. The molecule has 0 saturated carbocycles. The molecule has 2 rings (SSSR count). The van der Waals surface area contributed by atoms with Crippen LogP contribution < -0.4 is 4.90 Å². The third kappa shape index (κ3) is 2.11. The molecule has 0 amide bonds. The highest BCUT2D eigenvalue weighted by atomic mass is 32.2. The van der Waals surface area contributed by atoms with Gasteiger partial charge >= 0.3 is 5.97 Å². The van der Waals surface area contributed by atoms with Gasteiger partial charge in [-0.1, -0.05) is 0 Å². The molecule has 16 heavy (non-hydrogen) atoms. The van der Waals surface area contributed by atoms with Crippen LogP contribution >= 0.6 is 11.8 Å². The highest BCUT2D eigenvalue weighted by Crippen LogP contribution is 2.24. The maximum atomic E-state index is 11.1. The van der Waals surface area contributed by atoms with Crippen molar-refractivity contribution in [2.45, 2.75) is 17.9 Å². The van der Waals surface area contributed by atoms with Gasteiger partial charge in [-0.25, -0.2) is 4.79 Å². The van der Waals surface area contributed by atoms with Gasteiger partial charge in [-0.05, 0) is 25.2 Å². The lowest BCUT2D eigenvalue weighted by Crippen LogP contribution is -2.22. The number of hydrogen-bond donors (Lipinski definition) is 1. The summed E-state index contributed by atoms with van der Waals surface area (Å²) in [4.78, 5) is 13.1. The zero-order valence-electron chi connectivity index (χ0n) is 9.01. The Morgan fingerprint density at radius 1 is 1.44 bits per heavy atom. The Hall–Kier alpha value is -1.30. The summed E-state index contributed by atoms with van der Waals surface area (Å²) in [6, 6.07) is 1.59. The molecule has 1 N–H and O–H groups in total. The van der Waals surface area contributed by atoms with E-state index in [-0.39, 0.29) is 5.56 Å². The quantitative estimate of drug-likeness (QED) is 0.806. The molecular weight excluding hydrogens is 226 g/mol. The van der Waals surface area contributed by atoms with E-state index in [0.717, 1.165) is 25.9 Å². The van der Waals surface area contributed by atoms with Gasteiger partial charge in [0.15, 0.2) is 5.82 Å². The van der Waals surface area contributed by atoms with Gasteiger partial charge in [0.1, 0.15) is 10.6 Å². The van der Waals surface area contributed by atoms with Crippen molar-refractivity contribution in [1.82, 2.24) is 10.2 Å². The molecule has 1 saturated heterocycles. The molecule has 5 nitrogen and oxygen atoms in total. The highest BCUT2D eigenvalue weighted by Gasteiger charge is 2.21. The van der Waals surface area contributed by atoms with Crippen LogP contribution in [0.5, 0.6) is 0 Å². The fourth-order valence-electron chi connectivity index (χ4n) is 1.79. The SMILES string of the molecule is CSc1cc(C(=O)O)c(N2CCCC2)nn1. The van der Waals surface area contributed by atoms with Gasteiger partial charge in [0, 0.05) is 13.1 Å². The van der Waals surface area contributed by atoms with Crippen LogP contribution in [-0.4, -0.2) is 40.6 Å². The normalized spacial score (nSPS) is 15.4. The highest BCUT2D eigenvalue weighted by molar-refractivity contribution is 7.98. The summed E-state index contributed by atoms with van der Waals surface area (Å²) in [7, 11) is 0. The van der Waals surface area contributed by atoms with E-state index < -0.39 is 5.97 Å². The van der Waals surface area contributed by atoms with E-state index in [0.29, 0.717) is 10.8 Å². The molecule has 1 aromatic rings. The summed E-state index contributed by atoms with van der Waals surface area (Å²) in [6.07, 6.45) is 4.03. The summed E-state index contributed by atoms with van der Waals surface area (Å²) in [5.74, 6) is -0.435. The lowest BCUT2D eigenvalue weighted by atomic mass is 10.2. The zero-order valence-corrected chi connectivity index (χ0v) is 9.83. The monoisotopic (exact) mass is 239 g/mol. The van der Waals surface area contributed by atoms with E-state index in [4.69, 9.17) is 5.11 Å². The van der Waals surface area contributed by atoms with Crippen molar-refractivity contribution in [3.8, 4) is 0 Å². The van der Waals surface area contributed by atoms with E-state index in [1.165, 1.54) is 11.8 Å². The summed E-state index contributed by atoms with van der Waals surface area (Å²) in [5, 5.41) is 17.8. The number of aromatic nitrogens is 2. The van der Waals surface area contributed by atoms with Crippen LogP contribution in [0.15, 0.2) is 11.1 Å². The third-order valence-corrected chi connectivity index (χ3v) is 3.21. The van der Waals surface area contributed by atoms with Crippen molar-refractivity contribution in [1.29, 1.82) is 0 Å². The Balaban J connectivity index is 2.39. The molecule has 0 spiro atoms. The number of nitrogens with zero attached hydrogens (tertiary/aromatic N) is 3. The van der Waals surface area contributed by atoms with Gasteiger partial charge in [-0.3, -0.25) is 0 Å². The minimum absolute atomic E-state index is 0.251. The first-order chi connectivity index (χ1) is 7.72. The summed E-state index contributed by atoms with van der Waals surface area (Å²) < 4.78 is 0. The number of anilines is 1. The lowest BCUT2D eigenvalue weighted by molar-refractivity contribution is 0.0696. The molecule has 1 aliphatic rings. The number of carbonyl (C=O) groups is 1. The van der Waals surface area contributed by atoms with E-state index in [9.17, 15) is 4.79 Å². The van der Waals surface area contributed by atoms with Crippen LogP contribution in [0, 0.1) is 0 Å². The van der Waals surface area contributed by atoms with Crippen molar-refractivity contribution < 1.29 is 9.90 Å². The van der Waals surface area contributed by atoms with Gasteiger partial charge in [-0.2, -0.15) is 0 Å². The first-order valence-electron chi connectivity index (χ1n) is 5.12. The fraction of sp³-hybridized carbons (Fsp3) is 0.500. The molecule has 0 unspecified atom stereocenters. The van der Waals surface area contributed by atoms with Gasteiger partial charge < -0.3 is 10.0 Å². The number of carboxylic acids is 1. The molecule has 6 heteroatoms. The number of hydrogen-bond acceptors (Lipinski definition) is 5. The Bertz CT molecular complexity index is 405. The van der Waals surface area contributed by atoms with E-state index in [2.05, 4.69) is 10.2 Å². The van der Waals surface area contributed by atoms with Crippen molar-refractivity contribution >= 4 is 23.5 Å². The molecule has 0 aromatic carbocycles. The van der Waals surface area contributed by atoms with Crippen LogP contribution in [0.2, 0.25) is 0 Å². The van der Waals surface area contributed by atoms with E-state index in [1.54, 1.807) is 6.07 Å². The van der Waals surface area contributed by atoms with Crippen molar-refractivity contribution in [3.05, 3.63) is 11.6 Å². The Morgan fingerprint density at radius 2 is 2.12 bits per heavy atom. The van der Waals surface area contributed by atoms with Crippen LogP contribution in [0.1, 0.15) is 23.2 Å². The standard InChI is InChI=1S/C10H13N3O2S/c1-16-8-6-7(10(14)15)9(12-11-8)13-4-2-3-5-13/h6H,2-5H2,1H3,(H,14,15). The molecule has 0 aliphatic carbocycles. The Kier molecular flexibility index (Phi) is 3.28. The molecule has 0 bridgehead atoms. The summed E-state index contributed by atoms with van der Waals surface area (Å²) >= 11 is 1.40. The number of rotatable bonds is 3. The van der Waals surface area contributed by atoms with Gasteiger partial charge in [0.25, 0.3) is 0 Å². The topological polar surface area (TPSA) is 66.3 Å². The molecular formula is C10H13N3O2S. The minimum atomic E-state index is -0.938. The second-order valence-electron chi connectivity index (χ2n) is 3.62. The summed E-state index contributed by atoms with van der Waals surface area (Å²) in [5.41, 5.74) is 0.251. The number of thioether (sulfide) groups is 1. The second kappa shape index (κ2) is 4.69. The Morgan fingerprint density at radius 3 is 2.69 bits per heavy atom. The Labute approximate surface area is 97.9 Å². The van der Waals surface area contributed by atoms with Crippen LogP contribution in [0.25, 0.3) is 0 Å². The van der Waals surface area contributed by atoms with E-state index >= 15 is 0 Å². The van der Waals surface area contributed by atoms with E-state index in [1.807, 2.05) is 11.2 Å². The van der Waals surface area contributed by atoms with Gasteiger partial charge in [-0.15, -0.1) is 22.0 Å². The molecule has 86 valence electrons. The van der Waals surface area contributed by atoms with Gasteiger partial charge in [0.2, 0.25) is 0 Å². The molecule has 2 heterocycles. The fourth-order valence-corrected chi connectivity index (χ4v) is 2.15. The van der Waals surface area contributed by atoms with Gasteiger partial charge in [0.05, 0.1) is 0 Å². The maximum Gasteiger partial charge on any atom is 0.339 e. The van der Waals surface area contributed by atoms with Crippen LogP contribution in [0.3, 0.4) is 0 Å². The molecule has 1 aromatic heterocycles. The third-order valence-electron chi connectivity index (χ3n) is 2.60. The lowest BCUT2D eigenvalue weighted by Gasteiger charge is -2.17. The first-order valence-corrected chi connectivity index (χ1v) is 6.35. The number of carboxylic acid groups (broad SMARTS) is 1. The smallest absolute Gasteiger partial charge is 0.339 e. The molecule has 1 aliphatic heterocycles. The summed E-state index contributed by atoms with van der Waals surface area (Å²) in [6.45, 7) is 1.74. The first kappa shape index (κ1) is 11.2. The zero-order chi connectivity index (χ0) is 11.5. The largest absolute Gasteiger partial charge is 0.478 e. The molecule has 1 fully saturated rings. The second-order valence-corrected chi connectivity index (χ2v) is 4.45.